The third kappa shape index (κ3) is 5.78. The second-order valence-corrected chi connectivity index (χ2v) is 6.94. The van der Waals surface area contributed by atoms with Gasteiger partial charge in [0.2, 0.25) is 6.79 Å². The molecule has 2 heterocycles. The van der Waals surface area contributed by atoms with Crippen LogP contribution in [0.15, 0.2) is 35.3 Å². The van der Waals surface area contributed by atoms with Crippen molar-refractivity contribution >= 4 is 41.3 Å². The lowest BCUT2D eigenvalue weighted by Crippen LogP contribution is -2.38. The lowest BCUT2D eigenvalue weighted by molar-refractivity contribution is 0.174. The van der Waals surface area contributed by atoms with E-state index < -0.39 is 0 Å². The van der Waals surface area contributed by atoms with Crippen molar-refractivity contribution in [1.29, 1.82) is 0 Å². The average molecular weight is 473 g/mol. The zero-order chi connectivity index (χ0) is 16.8. The molecule has 0 spiro atoms. The number of hydrogen-bond acceptors (Lipinski definition) is 4. The van der Waals surface area contributed by atoms with Gasteiger partial charge in [-0.15, -0.1) is 35.3 Å². The zero-order valence-corrected chi connectivity index (χ0v) is 17.6. The van der Waals surface area contributed by atoms with Crippen LogP contribution in [0.2, 0.25) is 0 Å². The number of nitrogens with zero attached hydrogens (tertiary/aromatic N) is 1. The SMILES string of the molecule is CCNC(=NCc1ccc(C)s1)NCCc1ccc2c(c1)OCO2.I. The van der Waals surface area contributed by atoms with Crippen LogP contribution in [0.4, 0.5) is 0 Å². The van der Waals surface area contributed by atoms with Gasteiger partial charge >= 0.3 is 0 Å². The monoisotopic (exact) mass is 473 g/mol. The Morgan fingerprint density at radius 3 is 2.76 bits per heavy atom. The van der Waals surface area contributed by atoms with Crippen molar-refractivity contribution in [2.75, 3.05) is 19.9 Å². The first-order valence-corrected chi connectivity index (χ1v) is 9.02. The van der Waals surface area contributed by atoms with E-state index in [-0.39, 0.29) is 24.0 Å². The molecule has 0 unspecified atom stereocenters. The number of thiophene rings is 1. The summed E-state index contributed by atoms with van der Waals surface area (Å²) in [6.07, 6.45) is 0.902. The highest BCUT2D eigenvalue weighted by Crippen LogP contribution is 2.32. The molecule has 2 N–H and O–H groups in total. The molecule has 0 radical (unpaired) electrons. The first-order chi connectivity index (χ1) is 11.7. The minimum atomic E-state index is 0. The van der Waals surface area contributed by atoms with Crippen molar-refractivity contribution in [1.82, 2.24) is 10.6 Å². The van der Waals surface area contributed by atoms with Gasteiger partial charge in [-0.2, -0.15) is 0 Å². The van der Waals surface area contributed by atoms with E-state index in [2.05, 4.69) is 47.7 Å². The Morgan fingerprint density at radius 2 is 2.00 bits per heavy atom. The van der Waals surface area contributed by atoms with Gasteiger partial charge in [-0.25, -0.2) is 4.99 Å². The maximum Gasteiger partial charge on any atom is 0.231 e. The van der Waals surface area contributed by atoms with Crippen LogP contribution in [0.1, 0.15) is 22.2 Å². The van der Waals surface area contributed by atoms with Gasteiger partial charge in [0.15, 0.2) is 17.5 Å². The van der Waals surface area contributed by atoms with Gasteiger partial charge in [-0.3, -0.25) is 0 Å². The number of benzene rings is 1. The molecule has 1 aliphatic heterocycles. The van der Waals surface area contributed by atoms with Crippen LogP contribution in [0, 0.1) is 6.92 Å². The van der Waals surface area contributed by atoms with E-state index in [0.29, 0.717) is 13.3 Å². The van der Waals surface area contributed by atoms with Crippen LogP contribution >= 0.6 is 35.3 Å². The fourth-order valence-corrected chi connectivity index (χ4v) is 3.31. The van der Waals surface area contributed by atoms with E-state index in [4.69, 9.17) is 9.47 Å². The van der Waals surface area contributed by atoms with E-state index >= 15 is 0 Å². The molecule has 0 bridgehead atoms. The molecular formula is C18H24IN3O2S. The molecule has 0 amide bonds. The Morgan fingerprint density at radius 1 is 1.16 bits per heavy atom. The molecule has 5 nitrogen and oxygen atoms in total. The van der Waals surface area contributed by atoms with Crippen molar-refractivity contribution < 1.29 is 9.47 Å². The number of ether oxygens (including phenoxy) is 2. The lowest BCUT2D eigenvalue weighted by atomic mass is 10.1. The number of fused-ring (bicyclic) bond motifs is 1. The average Bonchev–Trinajstić information content (AvgIpc) is 3.20. The summed E-state index contributed by atoms with van der Waals surface area (Å²) >= 11 is 1.79. The predicted molar refractivity (Wildman–Crippen MR) is 114 cm³/mol. The highest BCUT2D eigenvalue weighted by molar-refractivity contribution is 14.0. The van der Waals surface area contributed by atoms with Crippen molar-refractivity contribution in [2.45, 2.75) is 26.8 Å². The number of aryl methyl sites for hydroxylation is 1. The first kappa shape index (κ1) is 19.8. The molecule has 1 aromatic carbocycles. The summed E-state index contributed by atoms with van der Waals surface area (Å²) < 4.78 is 10.8. The summed E-state index contributed by atoms with van der Waals surface area (Å²) in [5.74, 6) is 2.51. The normalized spacial score (nSPS) is 12.6. The van der Waals surface area contributed by atoms with Crippen molar-refractivity contribution in [2.24, 2.45) is 4.99 Å². The minimum absolute atomic E-state index is 0. The molecule has 1 aliphatic rings. The molecule has 0 fully saturated rings. The van der Waals surface area contributed by atoms with Crippen LogP contribution < -0.4 is 20.1 Å². The van der Waals surface area contributed by atoms with Crippen molar-refractivity contribution in [3.8, 4) is 11.5 Å². The minimum Gasteiger partial charge on any atom is -0.454 e. The first-order valence-electron chi connectivity index (χ1n) is 8.20. The zero-order valence-electron chi connectivity index (χ0n) is 14.5. The predicted octanol–water partition coefficient (Wildman–Crippen LogP) is 3.70. The quantitative estimate of drug-likeness (QED) is 0.382. The van der Waals surface area contributed by atoms with Gasteiger partial charge in [0.05, 0.1) is 6.54 Å². The van der Waals surface area contributed by atoms with Crippen LogP contribution in [0.3, 0.4) is 0 Å². The van der Waals surface area contributed by atoms with Gasteiger partial charge in [0.25, 0.3) is 0 Å². The summed E-state index contributed by atoms with van der Waals surface area (Å²) in [5.41, 5.74) is 1.22. The Kier molecular flexibility index (Phi) is 7.83. The Balaban J connectivity index is 0.00000225. The molecule has 3 rings (SSSR count). The van der Waals surface area contributed by atoms with Gasteiger partial charge < -0.3 is 20.1 Å². The molecule has 25 heavy (non-hydrogen) atoms. The van der Waals surface area contributed by atoms with E-state index in [1.807, 2.05) is 12.1 Å². The number of halogens is 1. The highest BCUT2D eigenvalue weighted by Gasteiger charge is 2.12. The van der Waals surface area contributed by atoms with Crippen LogP contribution in [-0.4, -0.2) is 25.8 Å². The third-order valence-corrected chi connectivity index (χ3v) is 4.66. The van der Waals surface area contributed by atoms with Gasteiger partial charge in [0, 0.05) is 22.8 Å². The Hall–Kier alpha value is -1.48. The number of guanidine groups is 1. The smallest absolute Gasteiger partial charge is 0.231 e. The molecule has 1 aromatic heterocycles. The summed E-state index contributed by atoms with van der Waals surface area (Å²) in [6, 6.07) is 10.4. The van der Waals surface area contributed by atoms with Gasteiger partial charge in [-0.05, 0) is 50.1 Å². The maximum atomic E-state index is 5.42. The molecule has 136 valence electrons. The standard InChI is InChI=1S/C18H23N3O2S.HI/c1-3-19-18(21-11-15-6-4-13(2)24-15)20-9-8-14-5-7-16-17(10-14)23-12-22-16;/h4-7,10H,3,8-9,11-12H2,1-2H3,(H2,19,20,21);1H. The van der Waals surface area contributed by atoms with Crippen molar-refractivity contribution in [3.63, 3.8) is 0 Å². The molecule has 2 aromatic rings. The number of nitrogens with one attached hydrogen (secondary N) is 2. The van der Waals surface area contributed by atoms with E-state index in [1.165, 1.54) is 15.3 Å². The second-order valence-electron chi connectivity index (χ2n) is 5.57. The fraction of sp³-hybridized carbons (Fsp3) is 0.389. The van der Waals surface area contributed by atoms with E-state index in [0.717, 1.165) is 37.0 Å². The summed E-state index contributed by atoms with van der Waals surface area (Å²) in [5, 5.41) is 6.67. The van der Waals surface area contributed by atoms with Crippen LogP contribution in [-0.2, 0) is 13.0 Å². The van der Waals surface area contributed by atoms with Crippen LogP contribution in [0.25, 0.3) is 0 Å². The second kappa shape index (κ2) is 9.86. The third-order valence-electron chi connectivity index (χ3n) is 3.68. The Bertz CT molecular complexity index is 718. The molecule has 0 saturated heterocycles. The number of hydrogen-bond donors (Lipinski definition) is 2. The molecule has 0 atom stereocenters. The van der Waals surface area contributed by atoms with Gasteiger partial charge in [-0.1, -0.05) is 6.07 Å². The molecular weight excluding hydrogens is 449 g/mol. The van der Waals surface area contributed by atoms with Crippen LogP contribution in [0.5, 0.6) is 11.5 Å². The number of rotatable bonds is 6. The topological polar surface area (TPSA) is 54.9 Å². The summed E-state index contributed by atoms with van der Waals surface area (Å²) in [7, 11) is 0. The largest absolute Gasteiger partial charge is 0.454 e. The van der Waals surface area contributed by atoms with E-state index in [1.54, 1.807) is 11.3 Å². The summed E-state index contributed by atoms with van der Waals surface area (Å²) in [4.78, 5) is 7.24. The summed E-state index contributed by atoms with van der Waals surface area (Å²) in [6.45, 7) is 6.87. The molecule has 0 aliphatic carbocycles. The fourth-order valence-electron chi connectivity index (χ4n) is 2.49. The lowest BCUT2D eigenvalue weighted by Gasteiger charge is -2.11. The molecule has 0 saturated carbocycles. The van der Waals surface area contributed by atoms with Crippen molar-refractivity contribution in [3.05, 3.63) is 45.6 Å². The molecule has 7 heteroatoms. The van der Waals surface area contributed by atoms with Gasteiger partial charge in [0.1, 0.15) is 0 Å². The highest BCUT2D eigenvalue weighted by atomic mass is 127. The number of aliphatic imine (C=N–C) groups is 1. The maximum absolute atomic E-state index is 5.42. The Labute approximate surface area is 169 Å². The van der Waals surface area contributed by atoms with E-state index in [9.17, 15) is 0 Å².